The van der Waals surface area contributed by atoms with Gasteiger partial charge in [-0.2, -0.15) is 0 Å². The number of rotatable bonds is 1. The molecule has 2 amide bonds. The maximum atomic E-state index is 13.6. The number of likely N-dealkylation sites (N-methyl/N-ethyl adjacent to an activating group) is 2. The molecule has 0 bridgehead atoms. The number of carbonyl (C=O) groups is 2. The van der Waals surface area contributed by atoms with Crippen molar-refractivity contribution >= 4 is 84.1 Å². The van der Waals surface area contributed by atoms with Crippen LogP contribution in [0.5, 0.6) is 0 Å². The number of thiocarbonyl (C=S) groups is 1. The quantitative estimate of drug-likeness (QED) is 0.0862. The van der Waals surface area contributed by atoms with Crippen molar-refractivity contribution in [2.45, 2.75) is 37.8 Å². The van der Waals surface area contributed by atoms with Gasteiger partial charge in [-0.3, -0.25) is 0 Å². The normalized spacial score (nSPS) is 18.9. The van der Waals surface area contributed by atoms with Crippen LogP contribution in [0, 0.1) is 0 Å². The summed E-state index contributed by atoms with van der Waals surface area (Å²) in [6.45, 7) is 9.65. The van der Waals surface area contributed by atoms with Crippen molar-refractivity contribution in [1.82, 2.24) is 9.80 Å². The minimum absolute atomic E-state index is 0.150. The van der Waals surface area contributed by atoms with E-state index in [-0.39, 0.29) is 42.4 Å². The summed E-state index contributed by atoms with van der Waals surface area (Å²) >= 11 is 5.19. The Kier molecular flexibility index (Phi) is 6.34. The minimum atomic E-state index is -2.11. The van der Waals surface area contributed by atoms with Crippen LogP contribution in [0.25, 0.3) is 6.08 Å². The van der Waals surface area contributed by atoms with Gasteiger partial charge in [-0.15, -0.1) is 0 Å². The van der Waals surface area contributed by atoms with Crippen LogP contribution in [0.15, 0.2) is 103 Å². The van der Waals surface area contributed by atoms with E-state index in [0.717, 1.165) is 4.44 Å². The first kappa shape index (κ1) is 30.7. The van der Waals surface area contributed by atoms with E-state index in [4.69, 9.17) is 12.2 Å². The van der Waals surface area contributed by atoms with Crippen molar-refractivity contribution in [2.75, 3.05) is 19.0 Å². The van der Waals surface area contributed by atoms with E-state index in [9.17, 15) is 9.59 Å². The molecule has 1 aromatic heterocycles. The van der Waals surface area contributed by atoms with Gasteiger partial charge >= 0.3 is 301 Å². The van der Waals surface area contributed by atoms with Crippen molar-refractivity contribution in [2.24, 2.45) is 0 Å². The van der Waals surface area contributed by atoms with Gasteiger partial charge in [-0.25, -0.2) is 0 Å². The van der Waals surface area contributed by atoms with Gasteiger partial charge in [-0.05, 0) is 0 Å². The van der Waals surface area contributed by atoms with E-state index in [1.165, 1.54) is 69.5 Å². The van der Waals surface area contributed by atoms with Crippen LogP contribution in [-0.2, 0) is 20.4 Å². The fraction of sp³-hybridized carbons (Fsp3) is 0.195. The van der Waals surface area contributed by atoms with Gasteiger partial charge in [0.05, 0.1) is 0 Å². The molecule has 0 atom stereocenters. The molecule has 0 saturated carbocycles. The predicted molar refractivity (Wildman–Crippen MR) is 205 cm³/mol. The number of fused-ring (bicyclic) bond motifs is 10. The fourth-order valence-electron chi connectivity index (χ4n) is 9.01. The zero-order valence-corrected chi connectivity index (χ0v) is 31.8. The molecule has 1 spiro atoms. The van der Waals surface area contributed by atoms with Gasteiger partial charge in [0.25, 0.3) is 0 Å². The van der Waals surface area contributed by atoms with E-state index >= 15 is 0 Å². The first-order chi connectivity index (χ1) is 23.4. The zero-order chi connectivity index (χ0) is 34.2. The molecule has 1 fully saturated rings. The zero-order valence-electron chi connectivity index (χ0n) is 28.3. The third-order valence-corrected chi connectivity index (χ3v) is 17.7. The third-order valence-electron chi connectivity index (χ3n) is 11.4. The molecule has 9 rings (SSSR count). The molecule has 0 N–H and O–H groups in total. The molecule has 3 aliphatic heterocycles. The van der Waals surface area contributed by atoms with E-state index in [1.54, 1.807) is 14.1 Å². The molecule has 242 valence electrons. The van der Waals surface area contributed by atoms with Crippen LogP contribution >= 0.6 is 12.2 Å². The summed E-state index contributed by atoms with van der Waals surface area (Å²) in [7, 11) is 1.16. The van der Waals surface area contributed by atoms with Crippen molar-refractivity contribution in [3.63, 3.8) is 0 Å². The predicted octanol–water partition coefficient (Wildman–Crippen LogP) is 6.28. The second kappa shape index (κ2) is 10.1. The van der Waals surface area contributed by atoms with E-state index in [0.29, 0.717) is 0 Å². The average molecular weight is 741 g/mol. The Hall–Kier alpha value is -4.33. The Morgan fingerprint density at radius 1 is 0.694 bits per heavy atom. The van der Waals surface area contributed by atoms with E-state index in [1.807, 2.05) is 6.08 Å². The van der Waals surface area contributed by atoms with Gasteiger partial charge in [0, 0.05) is 0 Å². The third kappa shape index (κ3) is 3.72. The maximum absolute atomic E-state index is 13.6. The number of anilines is 3. The van der Waals surface area contributed by atoms with Crippen LogP contribution in [0.3, 0.4) is 0 Å². The number of hydrogen-bond acceptors (Lipinski definition) is 4. The second-order valence-corrected chi connectivity index (χ2v) is 21.5. The molecule has 49 heavy (non-hydrogen) atoms. The summed E-state index contributed by atoms with van der Waals surface area (Å²) in [4.78, 5) is 32.5. The second-order valence-electron chi connectivity index (χ2n) is 14.6. The molecule has 0 radical (unpaired) electrons. The molecular formula is C41H35N3O2SSeSi. The number of para-hydroxylation sites is 2. The first-order valence-electron chi connectivity index (χ1n) is 16.6. The van der Waals surface area contributed by atoms with Crippen LogP contribution in [0.2, 0.25) is 13.1 Å². The molecule has 4 aromatic carbocycles. The molecule has 5 nitrogen and oxygen atoms in total. The summed E-state index contributed by atoms with van der Waals surface area (Å²) in [5.74, 6) is -0.720. The Morgan fingerprint density at radius 2 is 1.22 bits per heavy atom. The van der Waals surface area contributed by atoms with Gasteiger partial charge < -0.3 is 0 Å². The van der Waals surface area contributed by atoms with Crippen LogP contribution in [0.1, 0.15) is 51.7 Å². The topological polar surface area (TPSA) is 43.9 Å². The summed E-state index contributed by atoms with van der Waals surface area (Å²) in [5, 5.41) is 3.07. The van der Waals surface area contributed by atoms with Crippen molar-refractivity contribution < 1.29 is 9.59 Å². The van der Waals surface area contributed by atoms with E-state index < -0.39 is 13.5 Å². The van der Waals surface area contributed by atoms with Gasteiger partial charge in [-0.1, -0.05) is 0 Å². The van der Waals surface area contributed by atoms with Crippen LogP contribution in [-0.4, -0.2) is 63.4 Å². The first-order valence-corrected chi connectivity index (χ1v) is 21.7. The molecule has 0 unspecified atom stereocenters. The number of hydrogen-bond donors (Lipinski definition) is 0. The number of benzene rings is 4. The summed E-state index contributed by atoms with van der Waals surface area (Å²) < 4.78 is 2.26. The standard InChI is InChI=1S/C41H35N3O2SSeSi/c1-40(2)26-14-7-9-16-28(26)41(29-17-10-8-15-27(29)40)30-18-13-21-34-35(30)44(32-19-11-12-20-33(32)49(34,5)6)38-31(41)23-24(48-38)22-25-36(45)42(3)39(47)43(4)37(25)46/h7-23H,1-6H3. The molecule has 5 aromatic rings. The molecular weight excluding hydrogens is 706 g/mol. The monoisotopic (exact) mass is 741 g/mol. The van der Waals surface area contributed by atoms with Crippen LogP contribution in [0.4, 0.5) is 15.9 Å². The van der Waals surface area contributed by atoms with Gasteiger partial charge in [0.15, 0.2) is 0 Å². The Balaban J connectivity index is 1.44. The number of carbonyl (C=O) groups excluding carboxylic acids is 2. The fourth-order valence-corrected chi connectivity index (χ4v) is 14.6. The molecule has 1 aliphatic carbocycles. The summed E-state index contributed by atoms with van der Waals surface area (Å²) in [6, 6.07) is 36.2. The van der Waals surface area contributed by atoms with Crippen molar-refractivity contribution in [3.8, 4) is 0 Å². The molecule has 8 heteroatoms. The van der Waals surface area contributed by atoms with Gasteiger partial charge in [0.2, 0.25) is 0 Å². The summed E-state index contributed by atoms with van der Waals surface area (Å²) in [5.41, 5.74) is 9.67. The molecule has 4 aliphatic rings. The SMILES string of the molecule is CN1C(=O)C(=Cc2cc3c([se]2)N2c4ccccc4[Si](C)(C)c4cccc(c42)C32c3ccccc3C(C)(C)c3ccccc32)C(=O)N(C)C1=S. The molecule has 4 heterocycles. The van der Waals surface area contributed by atoms with Crippen molar-refractivity contribution in [1.29, 1.82) is 0 Å². The summed E-state index contributed by atoms with van der Waals surface area (Å²) in [6.07, 6.45) is 1.84. The number of nitrogens with zero attached hydrogens (tertiary/aromatic N) is 3. The van der Waals surface area contributed by atoms with E-state index in [2.05, 4.69) is 129 Å². The van der Waals surface area contributed by atoms with Gasteiger partial charge in [0.1, 0.15) is 0 Å². The van der Waals surface area contributed by atoms with Crippen LogP contribution < -0.4 is 15.3 Å². The Morgan fingerprint density at radius 3 is 1.86 bits per heavy atom. The molecule has 1 saturated heterocycles. The Labute approximate surface area is 299 Å². The average Bonchev–Trinajstić information content (AvgIpc) is 3.53. The van der Waals surface area contributed by atoms with Crippen molar-refractivity contribution in [3.05, 3.63) is 140 Å². The number of amides is 2. The Bertz CT molecular complexity index is 2300.